The average molecular weight is 705 g/mol. The van der Waals surface area contributed by atoms with Crippen molar-refractivity contribution >= 4 is 26.1 Å². The van der Waals surface area contributed by atoms with E-state index < -0.39 is 67.0 Å². The molecule has 0 bridgehead atoms. The number of unbranched alkanes of at least 4 members (excludes halogenated alkanes) is 1. The Labute approximate surface area is 288 Å². The van der Waals surface area contributed by atoms with Crippen LogP contribution in [0, 0.1) is 10.1 Å². The maximum Gasteiger partial charge on any atom is 0.508 e. The number of rotatable bonds is 16. The molecule has 1 aliphatic heterocycles. The topological polar surface area (TPSA) is 181 Å². The second-order valence-electron chi connectivity index (χ2n) is 13.6. The van der Waals surface area contributed by atoms with Crippen molar-refractivity contribution in [1.29, 1.82) is 0 Å². The van der Waals surface area contributed by atoms with E-state index in [0.717, 1.165) is 12.8 Å². The zero-order valence-electron chi connectivity index (χ0n) is 30.0. The standard InChI is InChI=1S/C34H52N4O10Si/c1-10-12-16-35-31(40)24-13-14-25(26(18-24)38(43)44)23(9)19-45-34(42)47-29-27(11-2)46-32(37-17-15-28(39)36-33(37)41)30(29)48-49(20(3)4,21(5)6)22(7)8/h13-15,17-18,20-23,27,29-30,32H,10-12,16,19H2,1-9H3,(H,35,40)(H,36,39,41)/t23?,27-,29+,30?,32-/m1/s1. The number of amides is 1. The molecule has 1 saturated heterocycles. The third-order valence-electron chi connectivity index (χ3n) is 9.38. The number of hydrogen-bond acceptors (Lipinski definition) is 10. The van der Waals surface area contributed by atoms with Crippen LogP contribution in [0.2, 0.25) is 16.6 Å². The van der Waals surface area contributed by atoms with Crippen LogP contribution in [0.3, 0.4) is 0 Å². The Morgan fingerprint density at radius 2 is 1.69 bits per heavy atom. The first-order valence-electron chi connectivity index (χ1n) is 17.1. The minimum atomic E-state index is -2.64. The van der Waals surface area contributed by atoms with Gasteiger partial charge in [0, 0.05) is 41.9 Å². The molecule has 0 saturated carbocycles. The average Bonchev–Trinajstić information content (AvgIpc) is 3.37. The van der Waals surface area contributed by atoms with E-state index >= 15 is 0 Å². The Kier molecular flexibility index (Phi) is 13.9. The van der Waals surface area contributed by atoms with Crippen LogP contribution < -0.4 is 16.6 Å². The Morgan fingerprint density at radius 1 is 1.04 bits per heavy atom. The third kappa shape index (κ3) is 9.05. The fourth-order valence-corrected chi connectivity index (χ4v) is 12.5. The summed E-state index contributed by atoms with van der Waals surface area (Å²) in [5, 5.41) is 14.7. The van der Waals surface area contributed by atoms with E-state index in [2.05, 4.69) is 51.8 Å². The van der Waals surface area contributed by atoms with Crippen LogP contribution in [0.5, 0.6) is 0 Å². The summed E-state index contributed by atoms with van der Waals surface area (Å²) in [7, 11) is -2.64. The number of carbonyl (C=O) groups is 2. The molecule has 2 N–H and O–H groups in total. The van der Waals surface area contributed by atoms with Gasteiger partial charge in [0.15, 0.2) is 12.3 Å². The molecule has 3 rings (SSSR count). The molecule has 49 heavy (non-hydrogen) atoms. The number of nitrogens with one attached hydrogen (secondary N) is 2. The van der Waals surface area contributed by atoms with E-state index in [9.17, 15) is 29.3 Å². The summed E-state index contributed by atoms with van der Waals surface area (Å²) < 4.78 is 26.1. The van der Waals surface area contributed by atoms with Gasteiger partial charge in [-0.2, -0.15) is 0 Å². The monoisotopic (exact) mass is 704 g/mol. The minimum Gasteiger partial charge on any atom is -0.434 e. The molecular formula is C34H52N4O10Si. The maximum atomic E-state index is 13.3. The molecular weight excluding hydrogens is 652 g/mol. The summed E-state index contributed by atoms with van der Waals surface area (Å²) in [4.78, 5) is 64.3. The fourth-order valence-electron chi connectivity index (χ4n) is 6.97. The lowest BCUT2D eigenvalue weighted by atomic mass is 9.98. The van der Waals surface area contributed by atoms with E-state index in [1.165, 1.54) is 35.0 Å². The van der Waals surface area contributed by atoms with Gasteiger partial charge in [0.2, 0.25) is 8.32 Å². The van der Waals surface area contributed by atoms with Crippen molar-refractivity contribution in [3.8, 4) is 0 Å². The molecule has 272 valence electrons. The lowest BCUT2D eigenvalue weighted by Crippen LogP contribution is -2.54. The second-order valence-corrected chi connectivity index (χ2v) is 19.0. The number of aromatic nitrogens is 2. The van der Waals surface area contributed by atoms with Crippen molar-refractivity contribution in [2.24, 2.45) is 0 Å². The van der Waals surface area contributed by atoms with Gasteiger partial charge in [-0.25, -0.2) is 9.59 Å². The highest BCUT2D eigenvalue weighted by Gasteiger charge is 2.55. The number of nitrogens with zero attached hydrogens (tertiary/aromatic N) is 2. The molecule has 2 aromatic rings. The molecule has 1 aliphatic rings. The first kappa shape index (κ1) is 39.6. The molecule has 1 aromatic heterocycles. The fraction of sp³-hybridized carbons (Fsp3) is 0.647. The van der Waals surface area contributed by atoms with Gasteiger partial charge in [-0.1, -0.05) is 74.8 Å². The van der Waals surface area contributed by atoms with Crippen LogP contribution in [0.4, 0.5) is 10.5 Å². The van der Waals surface area contributed by atoms with Gasteiger partial charge in [-0.15, -0.1) is 0 Å². The highest BCUT2D eigenvalue weighted by atomic mass is 28.4. The Hall–Kier alpha value is -3.82. The number of hydrogen-bond donors (Lipinski definition) is 2. The molecule has 0 aliphatic carbocycles. The van der Waals surface area contributed by atoms with Gasteiger partial charge >= 0.3 is 11.8 Å². The smallest absolute Gasteiger partial charge is 0.434 e. The van der Waals surface area contributed by atoms with Crippen molar-refractivity contribution in [3.05, 3.63) is 72.5 Å². The first-order chi connectivity index (χ1) is 23.1. The summed E-state index contributed by atoms with van der Waals surface area (Å²) in [6.45, 7) is 18.4. The zero-order chi connectivity index (χ0) is 36.6. The number of aromatic amines is 1. The number of carbonyl (C=O) groups excluding carboxylic acids is 2. The van der Waals surface area contributed by atoms with Gasteiger partial charge in [-0.3, -0.25) is 29.3 Å². The van der Waals surface area contributed by atoms with E-state index in [4.69, 9.17) is 18.6 Å². The highest BCUT2D eigenvalue weighted by Crippen LogP contribution is 2.47. The third-order valence-corrected chi connectivity index (χ3v) is 15.5. The number of nitro benzene ring substituents is 1. The van der Waals surface area contributed by atoms with Crippen LogP contribution in [-0.4, -0.2) is 66.3 Å². The predicted molar refractivity (Wildman–Crippen MR) is 186 cm³/mol. The van der Waals surface area contributed by atoms with Crippen LogP contribution >= 0.6 is 0 Å². The summed E-state index contributed by atoms with van der Waals surface area (Å²) in [6, 6.07) is 5.45. The lowest BCUT2D eigenvalue weighted by molar-refractivity contribution is -0.385. The zero-order valence-corrected chi connectivity index (χ0v) is 31.0. The van der Waals surface area contributed by atoms with Crippen molar-refractivity contribution in [2.75, 3.05) is 13.2 Å². The van der Waals surface area contributed by atoms with Gasteiger partial charge in [0.25, 0.3) is 17.2 Å². The normalized spacial score (nSPS) is 20.1. The second kappa shape index (κ2) is 17.2. The van der Waals surface area contributed by atoms with Crippen LogP contribution in [0.25, 0.3) is 0 Å². The molecule has 1 aromatic carbocycles. The van der Waals surface area contributed by atoms with Crippen molar-refractivity contribution < 1.29 is 33.1 Å². The molecule has 0 spiro atoms. The van der Waals surface area contributed by atoms with E-state index in [1.807, 2.05) is 13.8 Å². The molecule has 1 amide bonds. The number of benzene rings is 1. The van der Waals surface area contributed by atoms with E-state index in [0.29, 0.717) is 18.5 Å². The van der Waals surface area contributed by atoms with Crippen LogP contribution in [0.1, 0.15) is 110 Å². The SMILES string of the molecule is CCCCNC(=O)c1ccc(C(C)COC(=O)O[C@@H]2C(O[Si](C(C)C)(C(C)C)C(C)C)[C@H](n3ccc(=O)[nH]c3=O)O[C@@H]2CC)c([N+](=O)[O-])c1. The largest absolute Gasteiger partial charge is 0.508 e. The van der Waals surface area contributed by atoms with Crippen molar-refractivity contribution in [2.45, 2.75) is 129 Å². The van der Waals surface area contributed by atoms with Gasteiger partial charge < -0.3 is 24.0 Å². The van der Waals surface area contributed by atoms with E-state index in [1.54, 1.807) is 6.92 Å². The van der Waals surface area contributed by atoms with Crippen molar-refractivity contribution in [3.63, 3.8) is 0 Å². The number of ether oxygens (including phenoxy) is 3. The molecule has 14 nitrogen and oxygen atoms in total. The number of nitro groups is 1. The molecule has 0 radical (unpaired) electrons. The quantitative estimate of drug-likeness (QED) is 0.0674. The Balaban J connectivity index is 1.89. The Morgan fingerprint density at radius 3 is 2.24 bits per heavy atom. The molecule has 1 fully saturated rings. The maximum absolute atomic E-state index is 13.3. The molecule has 15 heteroatoms. The van der Waals surface area contributed by atoms with Gasteiger partial charge in [-0.05, 0) is 35.5 Å². The van der Waals surface area contributed by atoms with Crippen molar-refractivity contribution in [1.82, 2.24) is 14.9 Å². The lowest BCUT2D eigenvalue weighted by Gasteiger charge is -2.45. The Bertz CT molecular complexity index is 1550. The highest BCUT2D eigenvalue weighted by molar-refractivity contribution is 6.77. The predicted octanol–water partition coefficient (Wildman–Crippen LogP) is 6.17. The van der Waals surface area contributed by atoms with E-state index in [-0.39, 0.29) is 34.5 Å². The molecule has 2 unspecified atom stereocenters. The summed E-state index contributed by atoms with van der Waals surface area (Å²) in [5.41, 5.74) is -0.597. The summed E-state index contributed by atoms with van der Waals surface area (Å²) in [6.07, 6.45) is -1.15. The number of H-pyrrole nitrogens is 1. The van der Waals surface area contributed by atoms with Gasteiger partial charge in [0.05, 0.1) is 11.0 Å². The van der Waals surface area contributed by atoms with Gasteiger partial charge in [0.1, 0.15) is 12.7 Å². The molecule has 5 atom stereocenters. The minimum absolute atomic E-state index is 0.152. The summed E-state index contributed by atoms with van der Waals surface area (Å²) >= 11 is 0. The van der Waals surface area contributed by atoms with Crippen LogP contribution in [-0.2, 0) is 18.6 Å². The summed E-state index contributed by atoms with van der Waals surface area (Å²) in [5.74, 6) is -1.02. The molecule has 2 heterocycles. The first-order valence-corrected chi connectivity index (χ1v) is 19.3. The van der Waals surface area contributed by atoms with Crippen LogP contribution in [0.15, 0.2) is 40.1 Å².